The van der Waals surface area contributed by atoms with Crippen LogP contribution in [0.1, 0.15) is 0 Å². The fourth-order valence-corrected chi connectivity index (χ4v) is 1.47. The van der Waals surface area contributed by atoms with Crippen LogP contribution in [0.4, 0.5) is 11.5 Å². The molecule has 2 aromatic rings. The van der Waals surface area contributed by atoms with Crippen LogP contribution in [0.5, 0.6) is 0 Å². The highest BCUT2D eigenvalue weighted by molar-refractivity contribution is 6.29. The summed E-state index contributed by atoms with van der Waals surface area (Å²) >= 11 is 5.68. The molecule has 0 aliphatic rings. The largest absolute Gasteiger partial charge is 0.376 e. The fraction of sp³-hybridized carbons (Fsp3) is 0.0833. The molecule has 0 aliphatic carbocycles. The number of rotatable bonds is 4. The molecule has 6 heteroatoms. The third kappa shape index (κ3) is 3.71. The third-order valence-corrected chi connectivity index (χ3v) is 2.33. The Hall–Kier alpha value is -2.14. The SMILES string of the molecule is O=C(CNc1ccccc1)Nc1cc(Cl)ncn1. The first-order valence-corrected chi connectivity index (χ1v) is 5.68. The maximum atomic E-state index is 11.6. The van der Waals surface area contributed by atoms with Crippen molar-refractivity contribution in [2.24, 2.45) is 0 Å². The van der Waals surface area contributed by atoms with Gasteiger partial charge in [0.25, 0.3) is 0 Å². The van der Waals surface area contributed by atoms with Crippen molar-refractivity contribution in [3.8, 4) is 0 Å². The van der Waals surface area contributed by atoms with E-state index in [4.69, 9.17) is 11.6 Å². The minimum Gasteiger partial charge on any atom is -0.376 e. The molecular formula is C12H11ClN4O. The Morgan fingerprint density at radius 2 is 2.00 bits per heavy atom. The zero-order chi connectivity index (χ0) is 12.8. The van der Waals surface area contributed by atoms with Crippen molar-refractivity contribution in [2.75, 3.05) is 17.2 Å². The lowest BCUT2D eigenvalue weighted by molar-refractivity contribution is -0.114. The van der Waals surface area contributed by atoms with Crippen molar-refractivity contribution in [2.45, 2.75) is 0 Å². The molecule has 0 atom stereocenters. The normalized spacial score (nSPS) is 9.83. The molecule has 0 unspecified atom stereocenters. The van der Waals surface area contributed by atoms with E-state index in [0.29, 0.717) is 5.82 Å². The van der Waals surface area contributed by atoms with Crippen molar-refractivity contribution in [3.05, 3.63) is 47.9 Å². The summed E-state index contributed by atoms with van der Waals surface area (Å²) in [5.41, 5.74) is 0.883. The molecule has 0 spiro atoms. The van der Waals surface area contributed by atoms with E-state index in [-0.39, 0.29) is 17.6 Å². The van der Waals surface area contributed by atoms with E-state index >= 15 is 0 Å². The van der Waals surface area contributed by atoms with Crippen molar-refractivity contribution in [1.29, 1.82) is 0 Å². The maximum Gasteiger partial charge on any atom is 0.244 e. The van der Waals surface area contributed by atoms with Gasteiger partial charge in [0, 0.05) is 11.8 Å². The Morgan fingerprint density at radius 1 is 1.22 bits per heavy atom. The number of benzene rings is 1. The molecule has 18 heavy (non-hydrogen) atoms. The summed E-state index contributed by atoms with van der Waals surface area (Å²) in [4.78, 5) is 19.2. The van der Waals surface area contributed by atoms with E-state index in [9.17, 15) is 4.79 Å². The Kier molecular flexibility index (Phi) is 4.09. The highest BCUT2D eigenvalue weighted by Crippen LogP contribution is 2.08. The van der Waals surface area contributed by atoms with Gasteiger partial charge in [0.05, 0.1) is 6.54 Å². The van der Waals surface area contributed by atoms with E-state index in [1.54, 1.807) is 0 Å². The van der Waals surface area contributed by atoms with E-state index in [0.717, 1.165) is 5.69 Å². The second kappa shape index (κ2) is 5.97. The van der Waals surface area contributed by atoms with Gasteiger partial charge >= 0.3 is 0 Å². The van der Waals surface area contributed by atoms with Crippen LogP contribution in [0, 0.1) is 0 Å². The molecule has 5 nitrogen and oxygen atoms in total. The zero-order valence-corrected chi connectivity index (χ0v) is 10.2. The molecule has 1 amide bonds. The standard InChI is InChI=1S/C12H11ClN4O/c13-10-6-11(16-8-15-10)17-12(18)7-14-9-4-2-1-3-5-9/h1-6,8,14H,7H2,(H,15,16,17,18). The maximum absolute atomic E-state index is 11.6. The summed E-state index contributed by atoms with van der Waals surface area (Å²) < 4.78 is 0. The average molecular weight is 263 g/mol. The lowest BCUT2D eigenvalue weighted by Gasteiger charge is -2.06. The van der Waals surface area contributed by atoms with Gasteiger partial charge < -0.3 is 10.6 Å². The molecule has 92 valence electrons. The van der Waals surface area contributed by atoms with Gasteiger partial charge in [0.1, 0.15) is 17.3 Å². The minimum absolute atomic E-state index is 0.158. The van der Waals surface area contributed by atoms with Crippen LogP contribution >= 0.6 is 11.6 Å². The number of nitrogens with zero attached hydrogens (tertiary/aromatic N) is 2. The molecule has 2 rings (SSSR count). The monoisotopic (exact) mass is 262 g/mol. The molecule has 0 fully saturated rings. The smallest absolute Gasteiger partial charge is 0.244 e. The number of aromatic nitrogens is 2. The number of hydrogen-bond donors (Lipinski definition) is 2. The van der Waals surface area contributed by atoms with E-state index in [2.05, 4.69) is 20.6 Å². The first-order chi connectivity index (χ1) is 8.74. The molecule has 1 heterocycles. The van der Waals surface area contributed by atoms with E-state index < -0.39 is 0 Å². The van der Waals surface area contributed by atoms with Crippen LogP contribution in [0.2, 0.25) is 5.15 Å². The molecule has 0 aliphatic heterocycles. The Labute approximate surface area is 109 Å². The second-order valence-corrected chi connectivity index (χ2v) is 3.88. The van der Waals surface area contributed by atoms with Gasteiger partial charge in [0.2, 0.25) is 5.91 Å². The molecule has 1 aromatic heterocycles. The topological polar surface area (TPSA) is 66.9 Å². The van der Waals surface area contributed by atoms with Gasteiger partial charge in [-0.3, -0.25) is 4.79 Å². The van der Waals surface area contributed by atoms with Gasteiger partial charge in [-0.1, -0.05) is 29.8 Å². The number of halogens is 1. The Balaban J connectivity index is 1.86. The van der Waals surface area contributed by atoms with Crippen LogP contribution in [-0.2, 0) is 4.79 Å². The molecular weight excluding hydrogens is 252 g/mol. The predicted molar refractivity (Wildman–Crippen MR) is 70.6 cm³/mol. The summed E-state index contributed by atoms with van der Waals surface area (Å²) in [6.45, 7) is 0.158. The van der Waals surface area contributed by atoms with Gasteiger partial charge in [-0.15, -0.1) is 0 Å². The van der Waals surface area contributed by atoms with E-state index in [1.165, 1.54) is 12.4 Å². The highest BCUT2D eigenvalue weighted by atomic mass is 35.5. The number of carbonyl (C=O) groups excluding carboxylic acids is 1. The molecule has 0 radical (unpaired) electrons. The second-order valence-electron chi connectivity index (χ2n) is 3.49. The molecule has 2 N–H and O–H groups in total. The van der Waals surface area contributed by atoms with Crippen molar-refractivity contribution in [1.82, 2.24) is 9.97 Å². The fourth-order valence-electron chi connectivity index (χ4n) is 1.33. The van der Waals surface area contributed by atoms with Gasteiger partial charge in [-0.2, -0.15) is 0 Å². The predicted octanol–water partition coefficient (Wildman–Crippen LogP) is 2.18. The van der Waals surface area contributed by atoms with Gasteiger partial charge in [-0.25, -0.2) is 9.97 Å². The van der Waals surface area contributed by atoms with Crippen molar-refractivity contribution < 1.29 is 4.79 Å². The first kappa shape index (κ1) is 12.3. The van der Waals surface area contributed by atoms with Crippen molar-refractivity contribution >= 4 is 29.0 Å². The quantitative estimate of drug-likeness (QED) is 0.829. The molecule has 0 saturated carbocycles. The van der Waals surface area contributed by atoms with Crippen molar-refractivity contribution in [3.63, 3.8) is 0 Å². The summed E-state index contributed by atoms with van der Waals surface area (Å²) in [6, 6.07) is 11.0. The van der Waals surface area contributed by atoms with Gasteiger partial charge in [0.15, 0.2) is 0 Å². The molecule has 1 aromatic carbocycles. The summed E-state index contributed by atoms with van der Waals surface area (Å²) in [6.07, 6.45) is 1.29. The lowest BCUT2D eigenvalue weighted by atomic mass is 10.3. The number of hydrogen-bond acceptors (Lipinski definition) is 4. The average Bonchev–Trinajstić information content (AvgIpc) is 2.38. The number of para-hydroxylation sites is 1. The lowest BCUT2D eigenvalue weighted by Crippen LogP contribution is -2.22. The number of carbonyl (C=O) groups is 1. The van der Waals surface area contributed by atoms with Gasteiger partial charge in [-0.05, 0) is 12.1 Å². The number of nitrogens with one attached hydrogen (secondary N) is 2. The zero-order valence-electron chi connectivity index (χ0n) is 9.43. The molecule has 0 bridgehead atoms. The van der Waals surface area contributed by atoms with E-state index in [1.807, 2.05) is 30.3 Å². The Bertz CT molecular complexity index is 533. The Morgan fingerprint density at radius 3 is 2.72 bits per heavy atom. The summed E-state index contributed by atoms with van der Waals surface area (Å²) in [5.74, 6) is 0.184. The highest BCUT2D eigenvalue weighted by Gasteiger charge is 2.03. The minimum atomic E-state index is -0.200. The van der Waals surface area contributed by atoms with Crippen LogP contribution < -0.4 is 10.6 Å². The van der Waals surface area contributed by atoms with Crippen LogP contribution in [0.25, 0.3) is 0 Å². The third-order valence-electron chi connectivity index (χ3n) is 2.13. The van der Waals surface area contributed by atoms with Crippen LogP contribution in [-0.4, -0.2) is 22.4 Å². The van der Waals surface area contributed by atoms with Crippen LogP contribution in [0.15, 0.2) is 42.7 Å². The van der Waals surface area contributed by atoms with Crippen LogP contribution in [0.3, 0.4) is 0 Å². The first-order valence-electron chi connectivity index (χ1n) is 5.30. The number of anilines is 2. The summed E-state index contributed by atoms with van der Waals surface area (Å²) in [7, 11) is 0. The summed E-state index contributed by atoms with van der Waals surface area (Å²) in [5, 5.41) is 5.90. The molecule has 0 saturated heterocycles. The number of amides is 1.